The second kappa shape index (κ2) is 6.06. The fourth-order valence-corrected chi connectivity index (χ4v) is 3.11. The predicted octanol–water partition coefficient (Wildman–Crippen LogP) is 4.70. The van der Waals surface area contributed by atoms with E-state index in [0.29, 0.717) is 5.02 Å². The lowest BCUT2D eigenvalue weighted by Crippen LogP contribution is -1.94. The zero-order chi connectivity index (χ0) is 13.1. The molecule has 2 nitrogen and oxygen atoms in total. The van der Waals surface area contributed by atoms with Crippen molar-refractivity contribution in [2.45, 2.75) is 22.9 Å². The van der Waals surface area contributed by atoms with Crippen molar-refractivity contribution in [3.05, 3.63) is 51.6 Å². The van der Waals surface area contributed by atoms with Crippen molar-refractivity contribution in [2.75, 3.05) is 0 Å². The molecule has 0 aliphatic rings. The molecular formula is C13H11BrClNOS. The molecule has 0 fully saturated rings. The molecule has 2 aromatic rings. The summed E-state index contributed by atoms with van der Waals surface area (Å²) in [5.74, 6) is 0. The zero-order valence-electron chi connectivity index (χ0n) is 9.60. The summed E-state index contributed by atoms with van der Waals surface area (Å²) in [7, 11) is 0. The molecule has 1 heterocycles. The Hall–Kier alpha value is -0.550. The summed E-state index contributed by atoms with van der Waals surface area (Å²) in [4.78, 5) is 5.22. The molecule has 0 saturated heterocycles. The van der Waals surface area contributed by atoms with Gasteiger partial charge in [0.15, 0.2) is 0 Å². The summed E-state index contributed by atoms with van der Waals surface area (Å²) in [6.45, 7) is 1.75. The summed E-state index contributed by atoms with van der Waals surface area (Å²) < 4.78 is 0.975. The topological polar surface area (TPSA) is 33.1 Å². The van der Waals surface area contributed by atoms with Crippen molar-refractivity contribution < 1.29 is 5.11 Å². The van der Waals surface area contributed by atoms with Crippen LogP contribution in [0.2, 0.25) is 5.02 Å². The molecule has 5 heteroatoms. The van der Waals surface area contributed by atoms with E-state index >= 15 is 0 Å². The van der Waals surface area contributed by atoms with Crippen molar-refractivity contribution in [1.82, 2.24) is 4.98 Å². The van der Waals surface area contributed by atoms with Crippen LogP contribution in [0.1, 0.15) is 18.6 Å². The van der Waals surface area contributed by atoms with Crippen LogP contribution in [-0.2, 0) is 0 Å². The van der Waals surface area contributed by atoms with Crippen molar-refractivity contribution in [2.24, 2.45) is 0 Å². The summed E-state index contributed by atoms with van der Waals surface area (Å²) in [6, 6.07) is 9.47. The first-order valence-electron chi connectivity index (χ1n) is 5.33. The predicted molar refractivity (Wildman–Crippen MR) is 78.1 cm³/mol. The van der Waals surface area contributed by atoms with Gasteiger partial charge in [-0.3, -0.25) is 0 Å². The first kappa shape index (κ1) is 13.9. The Morgan fingerprint density at radius 2 is 2.11 bits per heavy atom. The number of aromatic nitrogens is 1. The van der Waals surface area contributed by atoms with Gasteiger partial charge < -0.3 is 5.11 Å². The maximum absolute atomic E-state index is 9.75. The normalized spacial score (nSPS) is 12.4. The van der Waals surface area contributed by atoms with Gasteiger partial charge in [-0.15, -0.1) is 0 Å². The van der Waals surface area contributed by atoms with E-state index in [0.717, 1.165) is 20.0 Å². The van der Waals surface area contributed by atoms with Crippen LogP contribution in [-0.4, -0.2) is 10.1 Å². The Bertz CT molecular complexity index is 545. The highest BCUT2D eigenvalue weighted by molar-refractivity contribution is 9.10. The van der Waals surface area contributed by atoms with E-state index in [4.69, 9.17) is 11.6 Å². The number of hydrogen-bond donors (Lipinski definition) is 1. The number of aliphatic hydroxyl groups excluding tert-OH is 1. The molecule has 1 N–H and O–H groups in total. The Kier molecular flexibility index (Phi) is 4.67. The Labute approximate surface area is 124 Å². The van der Waals surface area contributed by atoms with Crippen LogP contribution in [0, 0.1) is 0 Å². The van der Waals surface area contributed by atoms with E-state index in [-0.39, 0.29) is 0 Å². The van der Waals surface area contributed by atoms with Crippen LogP contribution in [0.3, 0.4) is 0 Å². The van der Waals surface area contributed by atoms with Gasteiger partial charge in [0.1, 0.15) is 5.03 Å². The first-order valence-corrected chi connectivity index (χ1v) is 7.32. The van der Waals surface area contributed by atoms with Crippen molar-refractivity contribution in [3.8, 4) is 0 Å². The molecule has 0 aliphatic heterocycles. The molecule has 0 amide bonds. The molecule has 1 aromatic carbocycles. The third kappa shape index (κ3) is 3.48. The van der Waals surface area contributed by atoms with Gasteiger partial charge in [0, 0.05) is 15.6 Å². The highest BCUT2D eigenvalue weighted by Crippen LogP contribution is 2.34. The number of pyridine rings is 1. The zero-order valence-corrected chi connectivity index (χ0v) is 12.8. The fourth-order valence-electron chi connectivity index (χ4n) is 1.48. The van der Waals surface area contributed by atoms with Crippen molar-refractivity contribution >= 4 is 39.3 Å². The lowest BCUT2D eigenvalue weighted by molar-refractivity contribution is 0.196. The molecule has 94 valence electrons. The SMILES string of the molecule is CC(O)c1ccc(Br)cc1Sc1ccc(Cl)cn1. The van der Waals surface area contributed by atoms with Crippen LogP contribution < -0.4 is 0 Å². The minimum absolute atomic E-state index is 0.507. The maximum Gasteiger partial charge on any atom is 0.101 e. The van der Waals surface area contributed by atoms with E-state index in [1.807, 2.05) is 24.3 Å². The first-order chi connectivity index (χ1) is 8.56. The molecule has 2 rings (SSSR count). The van der Waals surface area contributed by atoms with Gasteiger partial charge in [0.05, 0.1) is 11.1 Å². The summed E-state index contributed by atoms with van der Waals surface area (Å²) in [5, 5.41) is 11.2. The molecule has 18 heavy (non-hydrogen) atoms. The van der Waals surface area contributed by atoms with Crippen LogP contribution in [0.15, 0.2) is 50.9 Å². The van der Waals surface area contributed by atoms with Crippen LogP contribution in [0.4, 0.5) is 0 Å². The number of rotatable bonds is 3. The Morgan fingerprint density at radius 1 is 1.33 bits per heavy atom. The molecule has 0 radical (unpaired) electrons. The van der Waals surface area contributed by atoms with Gasteiger partial charge in [-0.25, -0.2) is 4.98 Å². The van der Waals surface area contributed by atoms with E-state index in [1.165, 1.54) is 11.8 Å². The number of nitrogens with zero attached hydrogens (tertiary/aromatic N) is 1. The van der Waals surface area contributed by atoms with E-state index in [9.17, 15) is 5.11 Å². The van der Waals surface area contributed by atoms with E-state index < -0.39 is 6.10 Å². The second-order valence-corrected chi connectivity index (χ2v) is 6.19. The molecule has 0 saturated carbocycles. The van der Waals surface area contributed by atoms with Gasteiger partial charge in [-0.1, -0.05) is 45.4 Å². The standard InChI is InChI=1S/C13H11BrClNOS/c1-8(17)11-4-2-9(14)6-12(11)18-13-5-3-10(15)7-16-13/h2-8,17H,1H3. The lowest BCUT2D eigenvalue weighted by atomic mass is 10.1. The van der Waals surface area contributed by atoms with Crippen molar-refractivity contribution in [3.63, 3.8) is 0 Å². The quantitative estimate of drug-likeness (QED) is 0.876. The summed E-state index contributed by atoms with van der Waals surface area (Å²) in [5.41, 5.74) is 0.889. The number of aliphatic hydroxyl groups is 1. The van der Waals surface area contributed by atoms with Gasteiger partial charge in [0.25, 0.3) is 0 Å². The fraction of sp³-hybridized carbons (Fsp3) is 0.154. The average molecular weight is 345 g/mol. The van der Waals surface area contributed by atoms with Crippen LogP contribution in [0.5, 0.6) is 0 Å². The highest BCUT2D eigenvalue weighted by atomic mass is 79.9. The maximum atomic E-state index is 9.75. The van der Waals surface area contributed by atoms with Gasteiger partial charge in [0.2, 0.25) is 0 Å². The van der Waals surface area contributed by atoms with Gasteiger partial charge >= 0.3 is 0 Å². The monoisotopic (exact) mass is 343 g/mol. The third-order valence-corrected chi connectivity index (χ3v) is 4.08. The second-order valence-electron chi connectivity index (χ2n) is 3.77. The van der Waals surface area contributed by atoms with Crippen molar-refractivity contribution in [1.29, 1.82) is 0 Å². The third-order valence-electron chi connectivity index (χ3n) is 2.34. The minimum Gasteiger partial charge on any atom is -0.389 e. The Balaban J connectivity index is 2.32. The number of hydrogen-bond acceptors (Lipinski definition) is 3. The summed E-state index contributed by atoms with van der Waals surface area (Å²) in [6.07, 6.45) is 1.11. The highest BCUT2D eigenvalue weighted by Gasteiger charge is 2.10. The Morgan fingerprint density at radius 3 is 2.72 bits per heavy atom. The van der Waals surface area contributed by atoms with Gasteiger partial charge in [-0.05, 0) is 36.8 Å². The van der Waals surface area contributed by atoms with Crippen LogP contribution in [0.25, 0.3) is 0 Å². The van der Waals surface area contributed by atoms with Crippen LogP contribution >= 0.6 is 39.3 Å². The van der Waals surface area contributed by atoms with E-state index in [2.05, 4.69) is 20.9 Å². The largest absolute Gasteiger partial charge is 0.389 e. The molecule has 1 aromatic heterocycles. The molecule has 0 spiro atoms. The average Bonchev–Trinajstić information content (AvgIpc) is 2.32. The van der Waals surface area contributed by atoms with E-state index in [1.54, 1.807) is 19.2 Å². The van der Waals surface area contributed by atoms with Gasteiger partial charge in [-0.2, -0.15) is 0 Å². The molecular weight excluding hydrogens is 334 g/mol. The molecule has 0 aliphatic carbocycles. The number of halogens is 2. The smallest absolute Gasteiger partial charge is 0.101 e. The molecule has 1 atom stereocenters. The molecule has 1 unspecified atom stereocenters. The lowest BCUT2D eigenvalue weighted by Gasteiger charge is -2.11. The molecule has 0 bridgehead atoms. The summed E-state index contributed by atoms with van der Waals surface area (Å²) >= 11 is 10.7. The minimum atomic E-state index is -0.507. The number of benzene rings is 1.